The fraction of sp³-hybridized carbons (Fsp3) is 0.143. The Labute approximate surface area is 114 Å². The van der Waals surface area contributed by atoms with Crippen LogP contribution in [0.5, 0.6) is 11.5 Å². The Kier molecular flexibility index (Phi) is 4.02. The summed E-state index contributed by atoms with van der Waals surface area (Å²) in [6.45, 7) is 2.03. The van der Waals surface area contributed by atoms with Gasteiger partial charge >= 0.3 is 0 Å². The predicted octanol–water partition coefficient (Wildman–Crippen LogP) is 3.88. The minimum Gasteiger partial charge on any atom is -0.457 e. The second-order valence-corrected chi connectivity index (χ2v) is 5.05. The number of aliphatic hydroxyl groups excluding tert-OH is 1. The van der Waals surface area contributed by atoms with Crippen LogP contribution in [-0.2, 0) is 6.61 Å². The number of halogens is 1. The van der Waals surface area contributed by atoms with E-state index in [-0.39, 0.29) is 6.61 Å². The first kappa shape index (κ1) is 12.4. The van der Waals surface area contributed by atoms with Gasteiger partial charge in [-0.2, -0.15) is 0 Å². The van der Waals surface area contributed by atoms with Gasteiger partial charge in [0.05, 0.1) is 6.61 Å². The summed E-state index contributed by atoms with van der Waals surface area (Å²) in [5.41, 5.74) is 1.97. The van der Waals surface area contributed by atoms with Crippen molar-refractivity contribution in [2.45, 2.75) is 13.5 Å². The van der Waals surface area contributed by atoms with Gasteiger partial charge in [0.1, 0.15) is 11.5 Å². The average Bonchev–Trinajstić information content (AvgIpc) is 2.32. The Morgan fingerprint density at radius 2 is 1.71 bits per heavy atom. The largest absolute Gasteiger partial charge is 0.457 e. The fourth-order valence-corrected chi connectivity index (χ4v) is 1.91. The summed E-state index contributed by atoms with van der Waals surface area (Å²) in [6, 6.07) is 13.6. The quantitative estimate of drug-likeness (QED) is 0.860. The van der Waals surface area contributed by atoms with E-state index in [0.717, 1.165) is 22.6 Å². The van der Waals surface area contributed by atoms with Gasteiger partial charge in [-0.05, 0) is 77.0 Å². The number of aliphatic hydroxyl groups is 1. The Bertz CT molecular complexity index is 506. The summed E-state index contributed by atoms with van der Waals surface area (Å²) in [5.74, 6) is 1.61. The maximum Gasteiger partial charge on any atom is 0.127 e. The molecule has 17 heavy (non-hydrogen) atoms. The van der Waals surface area contributed by atoms with E-state index < -0.39 is 0 Å². The monoisotopic (exact) mass is 340 g/mol. The van der Waals surface area contributed by atoms with Crippen molar-refractivity contribution >= 4 is 22.6 Å². The highest BCUT2D eigenvalue weighted by atomic mass is 127. The van der Waals surface area contributed by atoms with Crippen LogP contribution in [0.2, 0.25) is 0 Å². The van der Waals surface area contributed by atoms with E-state index in [1.54, 1.807) is 0 Å². The Balaban J connectivity index is 2.19. The van der Waals surface area contributed by atoms with E-state index in [2.05, 4.69) is 22.6 Å². The first-order valence-corrected chi connectivity index (χ1v) is 6.41. The van der Waals surface area contributed by atoms with Crippen LogP contribution < -0.4 is 4.74 Å². The Morgan fingerprint density at radius 3 is 2.29 bits per heavy atom. The third-order valence-electron chi connectivity index (χ3n) is 2.53. The third kappa shape index (κ3) is 3.20. The maximum atomic E-state index is 9.09. The molecular weight excluding hydrogens is 327 g/mol. The lowest BCUT2D eigenvalue weighted by Crippen LogP contribution is -1.90. The summed E-state index contributed by atoms with van der Waals surface area (Å²) < 4.78 is 6.91. The molecule has 0 amide bonds. The van der Waals surface area contributed by atoms with E-state index in [4.69, 9.17) is 9.84 Å². The average molecular weight is 340 g/mol. The molecule has 0 aliphatic rings. The summed E-state index contributed by atoms with van der Waals surface area (Å²) in [7, 11) is 0. The van der Waals surface area contributed by atoms with Crippen LogP contribution in [0.25, 0.3) is 0 Å². The molecule has 0 bridgehead atoms. The van der Waals surface area contributed by atoms with E-state index in [1.807, 2.05) is 49.4 Å². The summed E-state index contributed by atoms with van der Waals surface area (Å²) >= 11 is 2.26. The number of rotatable bonds is 3. The summed E-state index contributed by atoms with van der Waals surface area (Å²) in [6.07, 6.45) is 0. The second kappa shape index (κ2) is 5.51. The van der Waals surface area contributed by atoms with Gasteiger partial charge in [0.15, 0.2) is 0 Å². The molecule has 3 heteroatoms. The number of hydrogen-bond acceptors (Lipinski definition) is 2. The van der Waals surface area contributed by atoms with Gasteiger partial charge in [0.25, 0.3) is 0 Å². The maximum absolute atomic E-state index is 9.09. The first-order valence-electron chi connectivity index (χ1n) is 5.33. The highest BCUT2D eigenvalue weighted by Crippen LogP contribution is 2.24. The SMILES string of the molecule is Cc1cc(Oc2ccc(I)cc2)ccc1CO. The Hall–Kier alpha value is -1.07. The van der Waals surface area contributed by atoms with Crippen molar-refractivity contribution in [2.75, 3.05) is 0 Å². The van der Waals surface area contributed by atoms with Crippen molar-refractivity contribution in [1.29, 1.82) is 0 Å². The number of ether oxygens (including phenoxy) is 1. The number of benzene rings is 2. The molecule has 0 spiro atoms. The van der Waals surface area contributed by atoms with E-state index in [9.17, 15) is 0 Å². The Morgan fingerprint density at radius 1 is 1.06 bits per heavy atom. The molecular formula is C14H13IO2. The second-order valence-electron chi connectivity index (χ2n) is 3.80. The number of aryl methyl sites for hydroxylation is 1. The highest BCUT2D eigenvalue weighted by Gasteiger charge is 2.01. The normalized spacial score (nSPS) is 10.3. The molecule has 0 atom stereocenters. The summed E-state index contributed by atoms with van der Waals surface area (Å²) in [4.78, 5) is 0. The van der Waals surface area contributed by atoms with Gasteiger partial charge in [-0.1, -0.05) is 6.07 Å². The number of hydrogen-bond donors (Lipinski definition) is 1. The van der Waals surface area contributed by atoms with Crippen LogP contribution in [0.4, 0.5) is 0 Å². The lowest BCUT2D eigenvalue weighted by molar-refractivity contribution is 0.281. The zero-order valence-corrected chi connectivity index (χ0v) is 11.6. The van der Waals surface area contributed by atoms with Gasteiger partial charge in [-0.3, -0.25) is 0 Å². The van der Waals surface area contributed by atoms with Gasteiger partial charge in [0, 0.05) is 3.57 Å². The van der Waals surface area contributed by atoms with Crippen molar-refractivity contribution in [3.05, 3.63) is 57.2 Å². The summed E-state index contributed by atoms with van der Waals surface area (Å²) in [5, 5.41) is 9.09. The van der Waals surface area contributed by atoms with E-state index >= 15 is 0 Å². The molecule has 0 saturated carbocycles. The molecule has 0 aromatic heterocycles. The highest BCUT2D eigenvalue weighted by molar-refractivity contribution is 14.1. The topological polar surface area (TPSA) is 29.5 Å². The standard InChI is InChI=1S/C14H13IO2/c1-10-8-14(5-2-11(10)9-16)17-13-6-3-12(15)4-7-13/h2-8,16H,9H2,1H3. The van der Waals surface area contributed by atoms with E-state index in [0.29, 0.717) is 0 Å². The lowest BCUT2D eigenvalue weighted by atomic mass is 10.1. The van der Waals surface area contributed by atoms with Gasteiger partial charge < -0.3 is 9.84 Å². The first-order chi connectivity index (χ1) is 8.19. The molecule has 0 radical (unpaired) electrons. The molecule has 0 saturated heterocycles. The zero-order valence-electron chi connectivity index (χ0n) is 9.48. The van der Waals surface area contributed by atoms with Crippen LogP contribution in [0.15, 0.2) is 42.5 Å². The van der Waals surface area contributed by atoms with Crippen LogP contribution in [-0.4, -0.2) is 5.11 Å². The van der Waals surface area contributed by atoms with Gasteiger partial charge in [-0.25, -0.2) is 0 Å². The lowest BCUT2D eigenvalue weighted by Gasteiger charge is -2.08. The molecule has 0 heterocycles. The molecule has 2 nitrogen and oxygen atoms in total. The minimum absolute atomic E-state index is 0.0651. The van der Waals surface area contributed by atoms with Crippen molar-refractivity contribution in [2.24, 2.45) is 0 Å². The third-order valence-corrected chi connectivity index (χ3v) is 3.25. The van der Waals surface area contributed by atoms with Gasteiger partial charge in [-0.15, -0.1) is 0 Å². The fourth-order valence-electron chi connectivity index (χ4n) is 1.55. The van der Waals surface area contributed by atoms with Crippen molar-refractivity contribution in [3.8, 4) is 11.5 Å². The molecule has 0 aliphatic heterocycles. The minimum atomic E-state index is 0.0651. The smallest absolute Gasteiger partial charge is 0.127 e. The van der Waals surface area contributed by atoms with Crippen LogP contribution >= 0.6 is 22.6 Å². The molecule has 2 rings (SSSR count). The van der Waals surface area contributed by atoms with Crippen LogP contribution in [0.1, 0.15) is 11.1 Å². The van der Waals surface area contributed by atoms with Gasteiger partial charge in [0.2, 0.25) is 0 Å². The van der Waals surface area contributed by atoms with Crippen LogP contribution in [0, 0.1) is 10.5 Å². The molecule has 1 N–H and O–H groups in total. The molecule has 2 aromatic carbocycles. The van der Waals surface area contributed by atoms with Crippen molar-refractivity contribution < 1.29 is 9.84 Å². The molecule has 0 aliphatic carbocycles. The van der Waals surface area contributed by atoms with Crippen LogP contribution in [0.3, 0.4) is 0 Å². The molecule has 2 aromatic rings. The zero-order chi connectivity index (χ0) is 12.3. The van der Waals surface area contributed by atoms with E-state index in [1.165, 1.54) is 3.57 Å². The molecule has 0 fully saturated rings. The van der Waals surface area contributed by atoms with Crippen molar-refractivity contribution in [1.82, 2.24) is 0 Å². The molecule has 0 unspecified atom stereocenters. The molecule has 88 valence electrons. The van der Waals surface area contributed by atoms with Crippen molar-refractivity contribution in [3.63, 3.8) is 0 Å². The predicted molar refractivity (Wildman–Crippen MR) is 76.3 cm³/mol.